The third-order valence-corrected chi connectivity index (χ3v) is 6.19. The van der Waals surface area contributed by atoms with Crippen molar-refractivity contribution in [3.63, 3.8) is 0 Å². The third kappa shape index (κ3) is 4.78. The molecule has 1 amide bonds. The summed E-state index contributed by atoms with van der Waals surface area (Å²) in [5, 5.41) is 0. The molecule has 0 unspecified atom stereocenters. The Hall–Kier alpha value is -2.91. The molecule has 2 aromatic carbocycles. The highest BCUT2D eigenvalue weighted by molar-refractivity contribution is 8.26. The van der Waals surface area contributed by atoms with Crippen LogP contribution >= 0.6 is 24.0 Å². The van der Waals surface area contributed by atoms with E-state index in [1.54, 1.807) is 12.1 Å². The lowest BCUT2D eigenvalue weighted by molar-refractivity contribution is -0.137. The van der Waals surface area contributed by atoms with Gasteiger partial charge < -0.3 is 4.42 Å². The van der Waals surface area contributed by atoms with Crippen molar-refractivity contribution >= 4 is 40.3 Å². The quantitative estimate of drug-likeness (QED) is 0.237. The first kappa shape index (κ1) is 22.3. The minimum atomic E-state index is -4.52. The zero-order chi connectivity index (χ0) is 22.9. The van der Waals surface area contributed by atoms with Gasteiger partial charge in [0.25, 0.3) is 5.91 Å². The number of halogens is 4. The van der Waals surface area contributed by atoms with E-state index < -0.39 is 11.7 Å². The van der Waals surface area contributed by atoms with Crippen LogP contribution in [0.3, 0.4) is 0 Å². The molecule has 4 rings (SSSR count). The van der Waals surface area contributed by atoms with Gasteiger partial charge in [0.05, 0.1) is 10.5 Å². The van der Waals surface area contributed by atoms with Crippen LogP contribution in [-0.2, 0) is 17.4 Å². The number of nitrogens with zero attached hydrogens (tertiary/aromatic N) is 1. The van der Waals surface area contributed by atoms with Crippen LogP contribution in [0.15, 0.2) is 70.0 Å². The molecule has 1 saturated heterocycles. The van der Waals surface area contributed by atoms with Gasteiger partial charge in [-0.15, -0.1) is 0 Å². The molecule has 0 N–H and O–H groups in total. The van der Waals surface area contributed by atoms with E-state index in [9.17, 15) is 22.4 Å². The Morgan fingerprint density at radius 1 is 1.03 bits per heavy atom. The van der Waals surface area contributed by atoms with Crippen molar-refractivity contribution in [2.75, 3.05) is 6.54 Å². The number of carbonyl (C=O) groups is 1. The summed E-state index contributed by atoms with van der Waals surface area (Å²) in [6.45, 7) is 0.329. The Kier molecular flexibility index (Phi) is 6.21. The van der Waals surface area contributed by atoms with Gasteiger partial charge in [-0.25, -0.2) is 4.39 Å². The van der Waals surface area contributed by atoms with Crippen LogP contribution in [0.4, 0.5) is 17.6 Å². The molecule has 164 valence electrons. The standard InChI is InChI=1S/C23H15F4NO2S2/c24-15-7-5-14(6-8-15)11-12-28-21(29)20(32-22(28)31)13-16-9-10-19(30-16)17-3-1-2-4-18(17)23(25,26)27/h1-10,13H,11-12H2/b20-13-. The van der Waals surface area contributed by atoms with Crippen LogP contribution < -0.4 is 0 Å². The fourth-order valence-electron chi connectivity index (χ4n) is 3.23. The molecule has 3 nitrogen and oxygen atoms in total. The lowest BCUT2D eigenvalue weighted by Crippen LogP contribution is -2.30. The zero-order valence-corrected chi connectivity index (χ0v) is 18.0. The topological polar surface area (TPSA) is 33.5 Å². The first-order chi connectivity index (χ1) is 15.2. The number of thioether (sulfide) groups is 1. The molecular formula is C23H15F4NO2S2. The van der Waals surface area contributed by atoms with Crippen molar-refractivity contribution in [3.8, 4) is 11.3 Å². The Bertz CT molecular complexity index is 1200. The lowest BCUT2D eigenvalue weighted by Gasteiger charge is -2.14. The average Bonchev–Trinajstić information content (AvgIpc) is 3.32. The maximum absolute atomic E-state index is 13.3. The SMILES string of the molecule is O=C1/C(=C/c2ccc(-c3ccccc3C(F)(F)F)o2)SC(=S)N1CCc1ccc(F)cc1. The van der Waals surface area contributed by atoms with E-state index in [-0.39, 0.29) is 28.8 Å². The van der Waals surface area contributed by atoms with E-state index in [2.05, 4.69) is 0 Å². The molecule has 1 aliphatic rings. The summed E-state index contributed by atoms with van der Waals surface area (Å²) in [6.07, 6.45) is -2.55. The first-order valence-corrected chi connectivity index (χ1v) is 10.7. The Labute approximate surface area is 190 Å². The minimum Gasteiger partial charge on any atom is -0.457 e. The summed E-state index contributed by atoms with van der Waals surface area (Å²) in [7, 11) is 0. The van der Waals surface area contributed by atoms with Gasteiger partial charge in [0.1, 0.15) is 21.7 Å². The summed E-state index contributed by atoms with van der Waals surface area (Å²) >= 11 is 6.39. The van der Waals surface area contributed by atoms with Gasteiger partial charge in [-0.05, 0) is 42.3 Å². The molecule has 0 bridgehead atoms. The van der Waals surface area contributed by atoms with Crippen LogP contribution in [0.1, 0.15) is 16.9 Å². The zero-order valence-electron chi connectivity index (χ0n) is 16.4. The molecule has 1 fully saturated rings. The van der Waals surface area contributed by atoms with Crippen LogP contribution in [-0.4, -0.2) is 21.7 Å². The number of furan rings is 1. The predicted octanol–water partition coefficient (Wildman–Crippen LogP) is 6.55. The van der Waals surface area contributed by atoms with E-state index in [0.29, 0.717) is 22.2 Å². The second kappa shape index (κ2) is 8.91. The smallest absolute Gasteiger partial charge is 0.417 e. The van der Waals surface area contributed by atoms with Crippen LogP contribution in [0.2, 0.25) is 0 Å². The second-order valence-corrected chi connectivity index (χ2v) is 8.63. The Morgan fingerprint density at radius 3 is 2.47 bits per heavy atom. The van der Waals surface area contributed by atoms with Gasteiger partial charge in [0.2, 0.25) is 0 Å². The lowest BCUT2D eigenvalue weighted by atomic mass is 10.1. The number of alkyl halides is 3. The fourth-order valence-corrected chi connectivity index (χ4v) is 4.52. The molecule has 0 atom stereocenters. The normalized spacial score (nSPS) is 15.8. The molecule has 0 saturated carbocycles. The number of thiocarbonyl (C=S) groups is 1. The predicted molar refractivity (Wildman–Crippen MR) is 119 cm³/mol. The largest absolute Gasteiger partial charge is 0.457 e. The highest BCUT2D eigenvalue weighted by Crippen LogP contribution is 2.38. The first-order valence-electron chi connectivity index (χ1n) is 9.48. The summed E-state index contributed by atoms with van der Waals surface area (Å²) in [4.78, 5) is 14.5. The molecule has 0 radical (unpaired) electrons. The van der Waals surface area contributed by atoms with Gasteiger partial charge in [-0.3, -0.25) is 9.69 Å². The fraction of sp³-hybridized carbons (Fsp3) is 0.130. The van der Waals surface area contributed by atoms with Gasteiger partial charge in [0.15, 0.2) is 0 Å². The number of amides is 1. The molecule has 2 heterocycles. The summed E-state index contributed by atoms with van der Waals surface area (Å²) < 4.78 is 58.8. The van der Waals surface area contributed by atoms with Gasteiger partial charge in [0, 0.05) is 18.2 Å². The summed E-state index contributed by atoms with van der Waals surface area (Å²) in [6, 6.07) is 14.1. The highest BCUT2D eigenvalue weighted by Gasteiger charge is 2.34. The molecule has 0 spiro atoms. The van der Waals surface area contributed by atoms with Crippen LogP contribution in [0.25, 0.3) is 17.4 Å². The van der Waals surface area contributed by atoms with Crippen molar-refractivity contribution in [1.29, 1.82) is 0 Å². The number of hydrogen-bond donors (Lipinski definition) is 0. The molecular weight excluding hydrogens is 462 g/mol. The number of carbonyl (C=O) groups excluding carboxylic acids is 1. The molecule has 3 aromatic rings. The van der Waals surface area contributed by atoms with E-state index in [1.807, 2.05) is 0 Å². The van der Waals surface area contributed by atoms with Crippen molar-refractivity contribution in [2.24, 2.45) is 0 Å². The third-order valence-electron chi connectivity index (χ3n) is 4.81. The minimum absolute atomic E-state index is 0.0518. The molecule has 1 aromatic heterocycles. The van der Waals surface area contributed by atoms with Crippen molar-refractivity contribution in [3.05, 3.63) is 88.3 Å². The number of hydrogen-bond acceptors (Lipinski definition) is 4. The van der Waals surface area contributed by atoms with E-state index in [4.69, 9.17) is 16.6 Å². The Morgan fingerprint density at radius 2 is 1.75 bits per heavy atom. The Balaban J connectivity index is 1.51. The van der Waals surface area contributed by atoms with Crippen molar-refractivity contribution < 1.29 is 26.8 Å². The van der Waals surface area contributed by atoms with Crippen LogP contribution in [0.5, 0.6) is 0 Å². The van der Waals surface area contributed by atoms with Crippen molar-refractivity contribution in [1.82, 2.24) is 4.90 Å². The summed E-state index contributed by atoms with van der Waals surface area (Å²) in [5.41, 5.74) is -0.0112. The maximum atomic E-state index is 13.3. The van der Waals surface area contributed by atoms with E-state index >= 15 is 0 Å². The highest BCUT2D eigenvalue weighted by atomic mass is 32.2. The van der Waals surface area contributed by atoms with Crippen LogP contribution in [0, 0.1) is 5.82 Å². The monoisotopic (exact) mass is 477 g/mol. The van der Waals surface area contributed by atoms with Gasteiger partial charge in [-0.1, -0.05) is 54.3 Å². The number of benzene rings is 2. The van der Waals surface area contributed by atoms with Gasteiger partial charge >= 0.3 is 6.18 Å². The van der Waals surface area contributed by atoms with Crippen molar-refractivity contribution in [2.45, 2.75) is 12.6 Å². The molecule has 1 aliphatic heterocycles. The maximum Gasteiger partial charge on any atom is 0.417 e. The number of rotatable bonds is 5. The van der Waals surface area contributed by atoms with Gasteiger partial charge in [-0.2, -0.15) is 13.2 Å². The second-order valence-electron chi connectivity index (χ2n) is 6.96. The average molecular weight is 478 g/mol. The summed E-state index contributed by atoms with van der Waals surface area (Å²) in [5.74, 6) is -0.347. The molecule has 9 heteroatoms. The van der Waals surface area contributed by atoms with E-state index in [0.717, 1.165) is 23.4 Å². The molecule has 32 heavy (non-hydrogen) atoms. The molecule has 0 aliphatic carbocycles. The van der Waals surface area contributed by atoms with E-state index in [1.165, 1.54) is 53.4 Å².